The predicted octanol–water partition coefficient (Wildman–Crippen LogP) is 4.09. The molecule has 1 spiro atoms. The minimum atomic E-state index is -1.15. The fraction of sp³-hybridized carbons (Fsp3) is 0.522. The number of rotatable bonds is 4. The number of benzene rings is 1. The number of hydrogen-bond donors (Lipinski definition) is 1. The fourth-order valence-corrected chi connectivity index (χ4v) is 5.03. The number of hydrogen-bond acceptors (Lipinski definition) is 4. The zero-order valence-corrected chi connectivity index (χ0v) is 17.2. The molecule has 1 N–H and O–H groups in total. The summed E-state index contributed by atoms with van der Waals surface area (Å²) in [6, 6.07) is 8.60. The molecule has 0 aromatic heterocycles. The number of aryl methyl sites for hydroxylation is 1. The Labute approximate surface area is 171 Å². The molecule has 0 saturated carbocycles. The number of fused-ring (bicyclic) bond motifs is 1. The summed E-state index contributed by atoms with van der Waals surface area (Å²) in [5, 5.41) is 11.4. The first-order valence-electron chi connectivity index (χ1n) is 10.1. The van der Waals surface area contributed by atoms with Gasteiger partial charge in [-0.05, 0) is 60.5 Å². The summed E-state index contributed by atoms with van der Waals surface area (Å²) in [6.07, 6.45) is 3.42. The molecule has 150 valence electrons. The van der Waals surface area contributed by atoms with Crippen molar-refractivity contribution in [3.05, 3.63) is 57.1 Å². The smallest absolute Gasteiger partial charge is 0.204 e. The van der Waals surface area contributed by atoms with Crippen molar-refractivity contribution in [3.8, 4) is 0 Å². The average Bonchev–Trinajstić information content (AvgIpc) is 3.03. The highest BCUT2D eigenvalue weighted by atomic mass is 35.5. The minimum absolute atomic E-state index is 0.176. The average molecular weight is 403 g/mol. The van der Waals surface area contributed by atoms with Gasteiger partial charge in [0, 0.05) is 11.5 Å². The van der Waals surface area contributed by atoms with E-state index in [1.807, 2.05) is 6.92 Å². The van der Waals surface area contributed by atoms with E-state index in [-0.39, 0.29) is 6.10 Å². The van der Waals surface area contributed by atoms with Gasteiger partial charge in [0.25, 0.3) is 0 Å². The van der Waals surface area contributed by atoms with Crippen molar-refractivity contribution in [1.29, 1.82) is 0 Å². The van der Waals surface area contributed by atoms with Crippen molar-refractivity contribution < 1.29 is 19.4 Å². The number of allylic oxidation sites excluding steroid dienone is 1. The highest BCUT2D eigenvalue weighted by molar-refractivity contribution is 6.30. The molecule has 2 aliphatic heterocycles. The lowest BCUT2D eigenvalue weighted by atomic mass is 9.77. The van der Waals surface area contributed by atoms with Crippen molar-refractivity contribution in [2.45, 2.75) is 63.9 Å². The highest BCUT2D eigenvalue weighted by Gasteiger charge is 2.56. The molecule has 4 unspecified atom stereocenters. The second kappa shape index (κ2) is 7.75. The van der Waals surface area contributed by atoms with Crippen molar-refractivity contribution in [2.75, 3.05) is 6.61 Å². The molecule has 1 aromatic carbocycles. The van der Waals surface area contributed by atoms with E-state index in [4.69, 9.17) is 21.1 Å². The Kier molecular flexibility index (Phi) is 5.49. The molecule has 4 rings (SSSR count). The molecule has 0 radical (unpaired) electrons. The second-order valence-corrected chi connectivity index (χ2v) is 8.49. The molecule has 4 atom stereocenters. The number of carbonyl (C=O) groups excluding carboxylic acids is 1. The lowest BCUT2D eigenvalue weighted by Gasteiger charge is -2.45. The summed E-state index contributed by atoms with van der Waals surface area (Å²) in [5.74, 6) is -1.86. The third-order valence-corrected chi connectivity index (χ3v) is 6.68. The van der Waals surface area contributed by atoms with Gasteiger partial charge in [-0.1, -0.05) is 42.8 Å². The van der Waals surface area contributed by atoms with Crippen LogP contribution in [0.2, 0.25) is 0 Å². The fourth-order valence-electron chi connectivity index (χ4n) is 4.76. The summed E-state index contributed by atoms with van der Waals surface area (Å²) in [6.45, 7) is 4.42. The Hall–Kier alpha value is -1.46. The van der Waals surface area contributed by atoms with Crippen LogP contribution >= 0.6 is 11.6 Å². The first-order valence-corrected chi connectivity index (χ1v) is 10.5. The molecular formula is C23H27ClO4. The number of aldehydes is 1. The standard InChI is InChI=1S/C23H27ClO4/c1-3-15-4-6-16(7-5-15)11-17-18-13-27-23(19(18)8-9-21(17)24)20(12-25)22(26)10-14(2)28-23/h4-7,12,14,20,22,26H,3,8-11,13H2,1-2H3. The Morgan fingerprint density at radius 1 is 1.25 bits per heavy atom. The first-order chi connectivity index (χ1) is 13.5. The van der Waals surface area contributed by atoms with E-state index >= 15 is 0 Å². The molecule has 1 fully saturated rings. The quantitative estimate of drug-likeness (QED) is 0.771. The van der Waals surface area contributed by atoms with Crippen LogP contribution in [0.25, 0.3) is 0 Å². The van der Waals surface area contributed by atoms with Gasteiger partial charge in [-0.3, -0.25) is 0 Å². The van der Waals surface area contributed by atoms with E-state index in [2.05, 4.69) is 31.2 Å². The summed E-state index contributed by atoms with van der Waals surface area (Å²) in [4.78, 5) is 11.8. The SMILES string of the molecule is CCc1ccc(CC2=C(Cl)CCC3=C2COC32OC(C)CC(O)C2C=O)cc1. The molecule has 1 aliphatic carbocycles. The summed E-state index contributed by atoms with van der Waals surface area (Å²) in [7, 11) is 0. The third kappa shape index (κ3) is 3.26. The zero-order valence-electron chi connectivity index (χ0n) is 16.4. The molecular weight excluding hydrogens is 376 g/mol. The van der Waals surface area contributed by atoms with Gasteiger partial charge in [-0.25, -0.2) is 0 Å². The molecule has 5 heteroatoms. The van der Waals surface area contributed by atoms with Crippen molar-refractivity contribution >= 4 is 17.9 Å². The molecule has 28 heavy (non-hydrogen) atoms. The molecule has 0 bridgehead atoms. The number of ether oxygens (including phenoxy) is 2. The van der Waals surface area contributed by atoms with Gasteiger partial charge in [-0.15, -0.1) is 0 Å². The maximum atomic E-state index is 11.8. The lowest BCUT2D eigenvalue weighted by molar-refractivity contribution is -0.281. The van der Waals surface area contributed by atoms with Crippen LogP contribution in [-0.2, 0) is 27.1 Å². The van der Waals surface area contributed by atoms with Gasteiger partial charge in [0.2, 0.25) is 5.79 Å². The van der Waals surface area contributed by atoms with Gasteiger partial charge in [0.05, 0.1) is 24.7 Å². The van der Waals surface area contributed by atoms with Crippen molar-refractivity contribution in [1.82, 2.24) is 0 Å². The van der Waals surface area contributed by atoms with Crippen molar-refractivity contribution in [2.24, 2.45) is 5.92 Å². The Balaban J connectivity index is 1.70. The number of carbonyl (C=O) groups is 1. The zero-order chi connectivity index (χ0) is 19.9. The van der Waals surface area contributed by atoms with Crippen LogP contribution in [0.5, 0.6) is 0 Å². The van der Waals surface area contributed by atoms with E-state index in [0.29, 0.717) is 25.9 Å². The van der Waals surface area contributed by atoms with E-state index in [9.17, 15) is 9.90 Å². The monoisotopic (exact) mass is 402 g/mol. The van der Waals surface area contributed by atoms with E-state index < -0.39 is 17.8 Å². The van der Waals surface area contributed by atoms with E-state index in [0.717, 1.165) is 40.9 Å². The van der Waals surface area contributed by atoms with Gasteiger partial charge in [0.15, 0.2) is 0 Å². The molecule has 1 saturated heterocycles. The van der Waals surface area contributed by atoms with Crippen LogP contribution in [0.4, 0.5) is 0 Å². The largest absolute Gasteiger partial charge is 0.392 e. The predicted molar refractivity (Wildman–Crippen MR) is 108 cm³/mol. The molecule has 1 aromatic rings. The molecule has 0 amide bonds. The number of aliphatic hydroxyl groups is 1. The Morgan fingerprint density at radius 3 is 2.64 bits per heavy atom. The van der Waals surface area contributed by atoms with Crippen LogP contribution in [-0.4, -0.2) is 36.0 Å². The molecule has 3 aliphatic rings. The summed E-state index contributed by atoms with van der Waals surface area (Å²) >= 11 is 6.64. The van der Waals surface area contributed by atoms with E-state index in [1.54, 1.807) is 0 Å². The van der Waals surface area contributed by atoms with Crippen LogP contribution in [0.3, 0.4) is 0 Å². The van der Waals surface area contributed by atoms with Gasteiger partial charge in [-0.2, -0.15) is 0 Å². The first kappa shape index (κ1) is 19.8. The van der Waals surface area contributed by atoms with Crippen LogP contribution in [0, 0.1) is 5.92 Å². The van der Waals surface area contributed by atoms with Gasteiger partial charge >= 0.3 is 0 Å². The van der Waals surface area contributed by atoms with Crippen LogP contribution in [0.1, 0.15) is 44.2 Å². The summed E-state index contributed by atoms with van der Waals surface area (Å²) in [5.41, 5.74) is 5.61. The minimum Gasteiger partial charge on any atom is -0.392 e. The van der Waals surface area contributed by atoms with Crippen molar-refractivity contribution in [3.63, 3.8) is 0 Å². The number of aliphatic hydroxyl groups excluding tert-OH is 1. The normalized spacial score (nSPS) is 32.8. The second-order valence-electron chi connectivity index (χ2n) is 8.04. The molecule has 2 heterocycles. The number of halogens is 1. The summed E-state index contributed by atoms with van der Waals surface area (Å²) < 4.78 is 12.4. The van der Waals surface area contributed by atoms with E-state index in [1.165, 1.54) is 11.1 Å². The maximum Gasteiger partial charge on any atom is 0.204 e. The topological polar surface area (TPSA) is 55.8 Å². The third-order valence-electron chi connectivity index (χ3n) is 6.26. The Morgan fingerprint density at radius 2 is 1.96 bits per heavy atom. The molecule has 4 nitrogen and oxygen atoms in total. The van der Waals surface area contributed by atoms with Gasteiger partial charge < -0.3 is 19.4 Å². The van der Waals surface area contributed by atoms with Crippen LogP contribution < -0.4 is 0 Å². The van der Waals surface area contributed by atoms with Crippen LogP contribution in [0.15, 0.2) is 46.0 Å². The van der Waals surface area contributed by atoms with Gasteiger partial charge in [0.1, 0.15) is 6.29 Å². The Bertz CT molecular complexity index is 826. The maximum absolute atomic E-state index is 11.8. The highest BCUT2D eigenvalue weighted by Crippen LogP contribution is 2.51. The lowest BCUT2D eigenvalue weighted by Crippen LogP contribution is -2.55.